The first-order chi connectivity index (χ1) is 10.4. The van der Waals surface area contributed by atoms with Gasteiger partial charge in [-0.05, 0) is 31.0 Å². The number of aryl methyl sites for hydroxylation is 2. The molecule has 1 aliphatic rings. The number of rotatable bonds is 3. The molecule has 0 saturated carbocycles. The highest BCUT2D eigenvalue weighted by Crippen LogP contribution is 2.19. The standard InChI is InChI=1S/C16H22N2O4/c1-11-3-4-12(2)13(9-11)18-15(20)14(19)17-10-16(21)5-7-22-8-6-16/h3-4,9,21H,5-8,10H2,1-2H3,(H,17,19)(H,18,20). The normalized spacial score (nSPS) is 16.9. The van der Waals surface area contributed by atoms with Crippen LogP contribution in [0, 0.1) is 13.8 Å². The summed E-state index contributed by atoms with van der Waals surface area (Å²) >= 11 is 0. The highest BCUT2D eigenvalue weighted by molar-refractivity contribution is 6.39. The summed E-state index contributed by atoms with van der Waals surface area (Å²) < 4.78 is 5.17. The molecule has 1 aliphatic heterocycles. The van der Waals surface area contributed by atoms with Crippen molar-refractivity contribution in [2.24, 2.45) is 0 Å². The summed E-state index contributed by atoms with van der Waals surface area (Å²) in [6.45, 7) is 4.74. The van der Waals surface area contributed by atoms with Crippen LogP contribution in [0.1, 0.15) is 24.0 Å². The Bertz CT molecular complexity index is 565. The predicted molar refractivity (Wildman–Crippen MR) is 82.6 cm³/mol. The second-order valence-electron chi connectivity index (χ2n) is 5.79. The summed E-state index contributed by atoms with van der Waals surface area (Å²) in [6.07, 6.45) is 0.901. The van der Waals surface area contributed by atoms with Crippen molar-refractivity contribution in [2.45, 2.75) is 32.3 Å². The molecular formula is C16H22N2O4. The number of carbonyl (C=O) groups is 2. The Morgan fingerprint density at radius 3 is 2.59 bits per heavy atom. The minimum absolute atomic E-state index is 0.0510. The molecule has 1 aromatic rings. The molecule has 22 heavy (non-hydrogen) atoms. The van der Waals surface area contributed by atoms with Gasteiger partial charge in [-0.25, -0.2) is 0 Å². The van der Waals surface area contributed by atoms with E-state index < -0.39 is 17.4 Å². The van der Waals surface area contributed by atoms with Gasteiger partial charge in [-0.3, -0.25) is 9.59 Å². The predicted octanol–water partition coefficient (Wildman–Crippen LogP) is 0.900. The van der Waals surface area contributed by atoms with Crippen molar-refractivity contribution in [1.29, 1.82) is 0 Å². The number of amides is 2. The lowest BCUT2D eigenvalue weighted by molar-refractivity contribution is -0.137. The third kappa shape index (κ3) is 4.29. The first-order valence-corrected chi connectivity index (χ1v) is 7.36. The molecule has 0 aromatic heterocycles. The summed E-state index contributed by atoms with van der Waals surface area (Å²) in [7, 11) is 0. The first kappa shape index (κ1) is 16.5. The topological polar surface area (TPSA) is 87.7 Å². The molecule has 2 amide bonds. The van der Waals surface area contributed by atoms with Gasteiger partial charge in [0.2, 0.25) is 0 Å². The molecule has 3 N–H and O–H groups in total. The van der Waals surface area contributed by atoms with E-state index in [0.29, 0.717) is 31.7 Å². The van der Waals surface area contributed by atoms with Gasteiger partial charge in [0.25, 0.3) is 0 Å². The van der Waals surface area contributed by atoms with Gasteiger partial charge in [-0.15, -0.1) is 0 Å². The van der Waals surface area contributed by atoms with Crippen LogP contribution in [-0.4, -0.2) is 42.3 Å². The number of nitrogens with one attached hydrogen (secondary N) is 2. The monoisotopic (exact) mass is 306 g/mol. The number of ether oxygens (including phenoxy) is 1. The lowest BCUT2D eigenvalue weighted by atomic mass is 9.94. The Hall–Kier alpha value is -1.92. The van der Waals surface area contributed by atoms with Crippen LogP contribution in [-0.2, 0) is 14.3 Å². The molecule has 6 heteroatoms. The minimum Gasteiger partial charge on any atom is -0.388 e. The van der Waals surface area contributed by atoms with E-state index in [9.17, 15) is 14.7 Å². The molecule has 0 radical (unpaired) electrons. The number of benzene rings is 1. The number of aliphatic hydroxyl groups is 1. The summed E-state index contributed by atoms with van der Waals surface area (Å²) in [5, 5.41) is 15.3. The highest BCUT2D eigenvalue weighted by atomic mass is 16.5. The smallest absolute Gasteiger partial charge is 0.313 e. The van der Waals surface area contributed by atoms with Crippen molar-refractivity contribution >= 4 is 17.5 Å². The van der Waals surface area contributed by atoms with Crippen LogP contribution in [0.4, 0.5) is 5.69 Å². The largest absolute Gasteiger partial charge is 0.388 e. The average molecular weight is 306 g/mol. The van der Waals surface area contributed by atoms with Crippen LogP contribution in [0.2, 0.25) is 0 Å². The molecule has 1 heterocycles. The summed E-state index contributed by atoms with van der Waals surface area (Å²) in [5.74, 6) is -1.48. The number of hydrogen-bond acceptors (Lipinski definition) is 4. The van der Waals surface area contributed by atoms with Gasteiger partial charge >= 0.3 is 11.8 Å². The molecule has 0 unspecified atom stereocenters. The Morgan fingerprint density at radius 1 is 1.23 bits per heavy atom. The Kier molecular flexibility index (Phi) is 5.15. The average Bonchev–Trinajstić information content (AvgIpc) is 2.49. The Balaban J connectivity index is 1.89. The van der Waals surface area contributed by atoms with Gasteiger partial charge < -0.3 is 20.5 Å². The maximum Gasteiger partial charge on any atom is 0.313 e. The van der Waals surface area contributed by atoms with Crippen molar-refractivity contribution in [3.63, 3.8) is 0 Å². The summed E-state index contributed by atoms with van der Waals surface area (Å²) in [4.78, 5) is 23.8. The molecule has 0 aliphatic carbocycles. The number of hydrogen-bond donors (Lipinski definition) is 3. The van der Waals surface area contributed by atoms with Gasteiger partial charge in [0.1, 0.15) is 0 Å². The third-order valence-corrected chi connectivity index (χ3v) is 3.85. The maximum absolute atomic E-state index is 11.9. The van der Waals surface area contributed by atoms with Crippen LogP contribution in [0.15, 0.2) is 18.2 Å². The Labute approximate surface area is 129 Å². The minimum atomic E-state index is -0.993. The molecule has 0 atom stereocenters. The van der Waals surface area contributed by atoms with Crippen LogP contribution in [0.3, 0.4) is 0 Å². The van der Waals surface area contributed by atoms with Gasteiger partial charge in [0.05, 0.1) is 5.60 Å². The molecule has 2 rings (SSSR count). The zero-order chi connectivity index (χ0) is 16.2. The van der Waals surface area contributed by atoms with Crippen LogP contribution in [0.25, 0.3) is 0 Å². The zero-order valence-corrected chi connectivity index (χ0v) is 12.9. The third-order valence-electron chi connectivity index (χ3n) is 3.85. The maximum atomic E-state index is 11.9. The van der Waals surface area contributed by atoms with Gasteiger partial charge in [0.15, 0.2) is 0 Å². The zero-order valence-electron chi connectivity index (χ0n) is 12.9. The van der Waals surface area contributed by atoms with Crippen LogP contribution >= 0.6 is 0 Å². The van der Waals surface area contributed by atoms with E-state index in [1.807, 2.05) is 32.0 Å². The van der Waals surface area contributed by atoms with E-state index in [1.165, 1.54) is 0 Å². The molecule has 1 fully saturated rings. The fourth-order valence-corrected chi connectivity index (χ4v) is 2.30. The molecule has 1 aromatic carbocycles. The second kappa shape index (κ2) is 6.89. The summed E-state index contributed by atoms with van der Waals surface area (Å²) in [6, 6.07) is 5.63. The van der Waals surface area contributed by atoms with Crippen molar-refractivity contribution in [3.05, 3.63) is 29.3 Å². The van der Waals surface area contributed by atoms with Crippen molar-refractivity contribution in [1.82, 2.24) is 5.32 Å². The van der Waals surface area contributed by atoms with E-state index in [4.69, 9.17) is 4.74 Å². The van der Waals surface area contributed by atoms with Gasteiger partial charge in [-0.1, -0.05) is 12.1 Å². The molecular weight excluding hydrogens is 284 g/mol. The van der Waals surface area contributed by atoms with E-state index in [1.54, 1.807) is 0 Å². The second-order valence-corrected chi connectivity index (χ2v) is 5.79. The van der Waals surface area contributed by atoms with Crippen molar-refractivity contribution in [3.8, 4) is 0 Å². The molecule has 6 nitrogen and oxygen atoms in total. The Morgan fingerprint density at radius 2 is 1.91 bits per heavy atom. The fourth-order valence-electron chi connectivity index (χ4n) is 2.30. The quantitative estimate of drug-likeness (QED) is 0.724. The van der Waals surface area contributed by atoms with Gasteiger partial charge in [0, 0.05) is 38.3 Å². The first-order valence-electron chi connectivity index (χ1n) is 7.36. The van der Waals surface area contributed by atoms with E-state index in [2.05, 4.69) is 10.6 Å². The van der Waals surface area contributed by atoms with Crippen LogP contribution in [0.5, 0.6) is 0 Å². The number of carbonyl (C=O) groups excluding carboxylic acids is 2. The van der Waals surface area contributed by atoms with E-state index in [-0.39, 0.29) is 6.54 Å². The number of anilines is 1. The van der Waals surface area contributed by atoms with Crippen LogP contribution < -0.4 is 10.6 Å². The summed E-state index contributed by atoms with van der Waals surface area (Å²) in [5.41, 5.74) is 1.51. The van der Waals surface area contributed by atoms with Gasteiger partial charge in [-0.2, -0.15) is 0 Å². The van der Waals surface area contributed by atoms with Crippen molar-refractivity contribution < 1.29 is 19.4 Å². The molecule has 0 bridgehead atoms. The van der Waals surface area contributed by atoms with E-state index >= 15 is 0 Å². The van der Waals surface area contributed by atoms with Crippen molar-refractivity contribution in [2.75, 3.05) is 25.1 Å². The lowest BCUT2D eigenvalue weighted by Gasteiger charge is -2.31. The molecule has 0 spiro atoms. The fraction of sp³-hybridized carbons (Fsp3) is 0.500. The van der Waals surface area contributed by atoms with E-state index in [0.717, 1.165) is 11.1 Å². The molecule has 1 saturated heterocycles. The SMILES string of the molecule is Cc1ccc(C)c(NC(=O)C(=O)NCC2(O)CCOCC2)c1. The molecule has 120 valence electrons. The lowest BCUT2D eigenvalue weighted by Crippen LogP contribution is -2.48. The highest BCUT2D eigenvalue weighted by Gasteiger charge is 2.31.